The fraction of sp³-hybridized carbons (Fsp3) is 0.250. The average molecular weight is 436 g/mol. The Labute approximate surface area is 179 Å². The number of hydrogen-bond donors (Lipinski definition) is 3. The normalized spacial score (nSPS) is 10.0. The van der Waals surface area contributed by atoms with E-state index in [1.165, 1.54) is 0 Å². The van der Waals surface area contributed by atoms with Crippen LogP contribution in [0.4, 0.5) is 0 Å². The van der Waals surface area contributed by atoms with Gasteiger partial charge in [0.15, 0.2) is 11.7 Å². The van der Waals surface area contributed by atoms with Crippen LogP contribution < -0.4 is 25.6 Å². The zero-order chi connectivity index (χ0) is 21.2. The van der Waals surface area contributed by atoms with Crippen molar-refractivity contribution in [3.63, 3.8) is 0 Å². The van der Waals surface area contributed by atoms with Crippen LogP contribution in [-0.2, 0) is 4.79 Å². The van der Waals surface area contributed by atoms with Gasteiger partial charge in [-0.2, -0.15) is 0 Å². The standard InChI is InChI=1S/C20H22ClN3O4S/c1-3-10-27-15-6-4-14(5-7-15)19(26)22-20(29)24-23-18(25)12-28-16-8-9-17(21)13(2)11-16/h4-9,11H,3,10,12H2,1-2H3,(H,23,25)(H2,22,24,26,29). The molecule has 0 atom stereocenters. The quantitative estimate of drug-likeness (QED) is 0.457. The second-order valence-electron chi connectivity index (χ2n) is 6.03. The molecule has 0 saturated carbocycles. The molecular weight excluding hydrogens is 414 g/mol. The monoisotopic (exact) mass is 435 g/mol. The van der Waals surface area contributed by atoms with Gasteiger partial charge in [0.1, 0.15) is 11.5 Å². The van der Waals surface area contributed by atoms with Gasteiger partial charge < -0.3 is 9.47 Å². The third-order valence-electron chi connectivity index (χ3n) is 3.63. The molecule has 0 aromatic heterocycles. The molecule has 2 aromatic carbocycles. The van der Waals surface area contributed by atoms with Crippen LogP contribution in [0.3, 0.4) is 0 Å². The Morgan fingerprint density at radius 3 is 2.38 bits per heavy atom. The summed E-state index contributed by atoms with van der Waals surface area (Å²) < 4.78 is 10.8. The van der Waals surface area contributed by atoms with Gasteiger partial charge in [-0.15, -0.1) is 0 Å². The molecule has 0 aliphatic rings. The van der Waals surface area contributed by atoms with E-state index in [2.05, 4.69) is 16.2 Å². The highest BCUT2D eigenvalue weighted by Gasteiger charge is 2.09. The Morgan fingerprint density at radius 1 is 1.03 bits per heavy atom. The molecule has 9 heteroatoms. The second-order valence-corrected chi connectivity index (χ2v) is 6.84. The molecular formula is C20H22ClN3O4S. The van der Waals surface area contributed by atoms with E-state index in [0.717, 1.165) is 12.0 Å². The zero-order valence-corrected chi connectivity index (χ0v) is 17.7. The summed E-state index contributed by atoms with van der Waals surface area (Å²) in [6.45, 7) is 4.23. The molecule has 0 aliphatic heterocycles. The Morgan fingerprint density at radius 2 is 1.72 bits per heavy atom. The summed E-state index contributed by atoms with van der Waals surface area (Å²) >= 11 is 10.9. The van der Waals surface area contributed by atoms with E-state index in [0.29, 0.717) is 28.7 Å². The highest BCUT2D eigenvalue weighted by atomic mass is 35.5. The molecule has 2 amide bonds. The number of aryl methyl sites for hydroxylation is 1. The second kappa shape index (κ2) is 11.2. The molecule has 3 N–H and O–H groups in total. The van der Waals surface area contributed by atoms with Crippen molar-refractivity contribution in [3.8, 4) is 11.5 Å². The lowest BCUT2D eigenvalue weighted by molar-refractivity contribution is -0.123. The molecule has 0 saturated heterocycles. The van der Waals surface area contributed by atoms with Crippen LogP contribution in [0.5, 0.6) is 11.5 Å². The summed E-state index contributed by atoms with van der Waals surface area (Å²) in [7, 11) is 0. The number of thiocarbonyl (C=S) groups is 1. The van der Waals surface area contributed by atoms with E-state index >= 15 is 0 Å². The van der Waals surface area contributed by atoms with Crippen molar-refractivity contribution in [2.75, 3.05) is 13.2 Å². The van der Waals surface area contributed by atoms with Crippen molar-refractivity contribution < 1.29 is 19.1 Å². The third kappa shape index (κ3) is 7.59. The first kappa shape index (κ1) is 22.4. The van der Waals surface area contributed by atoms with Gasteiger partial charge in [-0.25, -0.2) is 0 Å². The molecule has 0 aliphatic carbocycles. The molecule has 0 bridgehead atoms. The van der Waals surface area contributed by atoms with E-state index in [9.17, 15) is 9.59 Å². The number of benzene rings is 2. The van der Waals surface area contributed by atoms with Crippen molar-refractivity contribution in [3.05, 3.63) is 58.6 Å². The van der Waals surface area contributed by atoms with Gasteiger partial charge in [0.2, 0.25) is 0 Å². The molecule has 0 fully saturated rings. The van der Waals surface area contributed by atoms with Gasteiger partial charge >= 0.3 is 0 Å². The lowest BCUT2D eigenvalue weighted by Gasteiger charge is -2.12. The first-order valence-electron chi connectivity index (χ1n) is 8.91. The number of carbonyl (C=O) groups is 2. The highest BCUT2D eigenvalue weighted by molar-refractivity contribution is 7.80. The number of carbonyl (C=O) groups excluding carboxylic acids is 2. The number of nitrogens with one attached hydrogen (secondary N) is 3. The maximum Gasteiger partial charge on any atom is 0.276 e. The Hall–Kier alpha value is -2.84. The molecule has 154 valence electrons. The maximum atomic E-state index is 12.2. The van der Waals surface area contributed by atoms with Crippen LogP contribution in [0.25, 0.3) is 0 Å². The molecule has 0 heterocycles. The van der Waals surface area contributed by atoms with Gasteiger partial charge in [0, 0.05) is 10.6 Å². The summed E-state index contributed by atoms with van der Waals surface area (Å²) in [6, 6.07) is 11.8. The fourth-order valence-electron chi connectivity index (χ4n) is 2.15. The zero-order valence-electron chi connectivity index (χ0n) is 16.1. The number of hydrogen-bond acceptors (Lipinski definition) is 5. The largest absolute Gasteiger partial charge is 0.494 e. The lowest BCUT2D eigenvalue weighted by Crippen LogP contribution is -2.49. The predicted molar refractivity (Wildman–Crippen MR) is 115 cm³/mol. The Kier molecular flexibility index (Phi) is 8.69. The SMILES string of the molecule is CCCOc1ccc(C(=O)NC(=S)NNC(=O)COc2ccc(Cl)c(C)c2)cc1. The number of ether oxygens (including phenoxy) is 2. The third-order valence-corrected chi connectivity index (χ3v) is 4.26. The summed E-state index contributed by atoms with van der Waals surface area (Å²) in [6.07, 6.45) is 0.901. The summed E-state index contributed by atoms with van der Waals surface area (Å²) in [4.78, 5) is 24.0. The van der Waals surface area contributed by atoms with Gasteiger partial charge in [-0.05, 0) is 73.6 Å². The molecule has 0 radical (unpaired) electrons. The van der Waals surface area contributed by atoms with Crippen LogP contribution in [-0.4, -0.2) is 30.1 Å². The van der Waals surface area contributed by atoms with Crippen molar-refractivity contribution in [1.82, 2.24) is 16.2 Å². The van der Waals surface area contributed by atoms with Gasteiger partial charge in [0.25, 0.3) is 11.8 Å². The van der Waals surface area contributed by atoms with Crippen LogP contribution >= 0.6 is 23.8 Å². The molecule has 0 unspecified atom stereocenters. The minimum atomic E-state index is -0.466. The topological polar surface area (TPSA) is 88.7 Å². The minimum absolute atomic E-state index is 0.0444. The average Bonchev–Trinajstić information content (AvgIpc) is 2.72. The first-order chi connectivity index (χ1) is 13.9. The van der Waals surface area contributed by atoms with Crippen molar-refractivity contribution in [1.29, 1.82) is 0 Å². The number of halogens is 1. The fourth-order valence-corrected chi connectivity index (χ4v) is 2.41. The predicted octanol–water partition coefficient (Wildman–Crippen LogP) is 3.15. The van der Waals surface area contributed by atoms with E-state index < -0.39 is 11.8 Å². The first-order valence-corrected chi connectivity index (χ1v) is 9.69. The van der Waals surface area contributed by atoms with Crippen LogP contribution in [0.2, 0.25) is 5.02 Å². The van der Waals surface area contributed by atoms with Crippen LogP contribution in [0.1, 0.15) is 29.3 Å². The highest BCUT2D eigenvalue weighted by Crippen LogP contribution is 2.20. The molecule has 2 aromatic rings. The molecule has 29 heavy (non-hydrogen) atoms. The van der Waals surface area contributed by atoms with Gasteiger partial charge in [-0.1, -0.05) is 18.5 Å². The summed E-state index contributed by atoms with van der Waals surface area (Å²) in [5, 5.41) is 3.05. The van der Waals surface area contributed by atoms with Crippen LogP contribution in [0, 0.1) is 6.92 Å². The van der Waals surface area contributed by atoms with E-state index in [1.807, 2.05) is 13.8 Å². The Bertz CT molecular complexity index is 875. The molecule has 7 nitrogen and oxygen atoms in total. The maximum absolute atomic E-state index is 12.2. The van der Waals surface area contributed by atoms with Crippen LogP contribution in [0.15, 0.2) is 42.5 Å². The number of rotatable bonds is 7. The summed E-state index contributed by atoms with van der Waals surface area (Å²) in [5.74, 6) is 0.329. The molecule has 0 spiro atoms. The minimum Gasteiger partial charge on any atom is -0.494 e. The smallest absolute Gasteiger partial charge is 0.276 e. The van der Waals surface area contributed by atoms with E-state index in [-0.39, 0.29) is 11.7 Å². The number of hydrazine groups is 1. The van der Waals surface area contributed by atoms with Gasteiger partial charge in [0.05, 0.1) is 6.61 Å². The lowest BCUT2D eigenvalue weighted by atomic mass is 10.2. The summed E-state index contributed by atoms with van der Waals surface area (Å²) in [5.41, 5.74) is 6.06. The van der Waals surface area contributed by atoms with Crippen molar-refractivity contribution >= 4 is 40.7 Å². The Balaban J connectivity index is 1.73. The molecule has 2 rings (SSSR count). The van der Waals surface area contributed by atoms with Gasteiger partial charge in [-0.3, -0.25) is 25.8 Å². The van der Waals surface area contributed by atoms with Crippen molar-refractivity contribution in [2.45, 2.75) is 20.3 Å². The van der Waals surface area contributed by atoms with E-state index in [4.69, 9.17) is 33.3 Å². The van der Waals surface area contributed by atoms with E-state index in [1.54, 1.807) is 42.5 Å². The van der Waals surface area contributed by atoms with Crippen molar-refractivity contribution in [2.24, 2.45) is 0 Å². The number of amides is 2.